The Hall–Kier alpha value is -0.870. The molecule has 1 aromatic heterocycles. The van der Waals surface area contributed by atoms with Gasteiger partial charge in [0.25, 0.3) is 5.91 Å². The number of aryl methyl sites for hydroxylation is 1. The normalized spacial score (nSPS) is 30.8. The van der Waals surface area contributed by atoms with E-state index in [0.29, 0.717) is 17.9 Å². The van der Waals surface area contributed by atoms with Crippen molar-refractivity contribution in [1.82, 2.24) is 10.2 Å². The molecule has 1 N–H and O–H groups in total. The SMILES string of the molecule is CCc1ccc(C(=O)N2CC3CNCC3C2C)s1. The van der Waals surface area contributed by atoms with Gasteiger partial charge in [-0.3, -0.25) is 4.79 Å². The summed E-state index contributed by atoms with van der Waals surface area (Å²) in [6.07, 6.45) is 1.02. The van der Waals surface area contributed by atoms with Crippen LogP contribution in [0.1, 0.15) is 28.4 Å². The number of carbonyl (C=O) groups is 1. The number of likely N-dealkylation sites (tertiary alicyclic amines) is 1. The van der Waals surface area contributed by atoms with Crippen LogP contribution in [0.3, 0.4) is 0 Å². The number of hydrogen-bond acceptors (Lipinski definition) is 3. The van der Waals surface area contributed by atoms with Gasteiger partial charge in [-0.05, 0) is 37.3 Å². The summed E-state index contributed by atoms with van der Waals surface area (Å²) < 4.78 is 0. The zero-order valence-electron chi connectivity index (χ0n) is 11.0. The predicted molar refractivity (Wildman–Crippen MR) is 74.0 cm³/mol. The molecule has 98 valence electrons. The Morgan fingerprint density at radius 2 is 2.33 bits per heavy atom. The van der Waals surface area contributed by atoms with Gasteiger partial charge >= 0.3 is 0 Å². The maximum absolute atomic E-state index is 12.5. The molecule has 0 saturated carbocycles. The summed E-state index contributed by atoms with van der Waals surface area (Å²) in [5.74, 6) is 1.55. The molecule has 3 unspecified atom stereocenters. The first-order valence-electron chi connectivity index (χ1n) is 6.81. The first kappa shape index (κ1) is 12.2. The molecule has 2 fully saturated rings. The quantitative estimate of drug-likeness (QED) is 0.886. The summed E-state index contributed by atoms with van der Waals surface area (Å²) in [5, 5.41) is 3.43. The number of amides is 1. The lowest BCUT2D eigenvalue weighted by atomic mass is 9.95. The van der Waals surface area contributed by atoms with Gasteiger partial charge in [0, 0.05) is 30.6 Å². The van der Waals surface area contributed by atoms with Gasteiger partial charge in [0.15, 0.2) is 0 Å². The third kappa shape index (κ3) is 1.88. The van der Waals surface area contributed by atoms with Crippen molar-refractivity contribution in [2.45, 2.75) is 26.3 Å². The summed E-state index contributed by atoms with van der Waals surface area (Å²) in [6, 6.07) is 4.45. The van der Waals surface area contributed by atoms with Crippen molar-refractivity contribution in [3.8, 4) is 0 Å². The number of thiophene rings is 1. The van der Waals surface area contributed by atoms with Gasteiger partial charge in [-0.15, -0.1) is 11.3 Å². The Kier molecular flexibility index (Phi) is 3.16. The Morgan fingerprint density at radius 3 is 3.00 bits per heavy atom. The molecule has 1 amide bonds. The van der Waals surface area contributed by atoms with Crippen LogP contribution >= 0.6 is 11.3 Å². The highest BCUT2D eigenvalue weighted by Crippen LogP contribution is 2.34. The molecular formula is C14H20N2OS. The third-order valence-corrected chi connectivity index (χ3v) is 5.63. The summed E-state index contributed by atoms with van der Waals surface area (Å²) >= 11 is 1.65. The molecule has 0 aromatic carbocycles. The molecule has 2 aliphatic heterocycles. The standard InChI is InChI=1S/C14H20N2OS/c1-3-11-4-5-13(18-11)14(17)16-8-10-6-15-7-12(10)9(16)2/h4-5,9-10,12,15H,3,6-8H2,1-2H3. The second-order valence-corrected chi connectivity index (χ2v) is 6.57. The minimum atomic E-state index is 0.238. The molecule has 3 heterocycles. The maximum atomic E-state index is 12.5. The highest BCUT2D eigenvalue weighted by atomic mass is 32.1. The molecule has 3 rings (SSSR count). The number of nitrogens with one attached hydrogen (secondary N) is 1. The number of hydrogen-bond donors (Lipinski definition) is 1. The van der Waals surface area contributed by atoms with Crippen LogP contribution in [0.25, 0.3) is 0 Å². The van der Waals surface area contributed by atoms with Gasteiger partial charge in [-0.1, -0.05) is 6.92 Å². The van der Waals surface area contributed by atoms with Gasteiger partial charge in [0.05, 0.1) is 4.88 Å². The highest BCUT2D eigenvalue weighted by Gasteiger charge is 2.43. The largest absolute Gasteiger partial charge is 0.335 e. The average Bonchev–Trinajstić information content (AvgIpc) is 3.06. The zero-order chi connectivity index (χ0) is 12.7. The van der Waals surface area contributed by atoms with E-state index in [-0.39, 0.29) is 5.91 Å². The lowest BCUT2D eigenvalue weighted by molar-refractivity contribution is 0.0733. The van der Waals surface area contributed by atoms with Crippen LogP contribution in [0.5, 0.6) is 0 Å². The lowest BCUT2D eigenvalue weighted by Gasteiger charge is -2.23. The Bertz CT molecular complexity index is 456. The first-order chi connectivity index (χ1) is 8.70. The molecule has 3 nitrogen and oxygen atoms in total. The third-order valence-electron chi connectivity index (χ3n) is 4.42. The maximum Gasteiger partial charge on any atom is 0.264 e. The van der Waals surface area contributed by atoms with Crippen LogP contribution in [-0.4, -0.2) is 36.5 Å². The molecule has 2 saturated heterocycles. The molecule has 1 aromatic rings. The lowest BCUT2D eigenvalue weighted by Crippen LogP contribution is -2.37. The average molecular weight is 264 g/mol. The van der Waals surface area contributed by atoms with Crippen LogP contribution in [-0.2, 0) is 6.42 Å². The minimum absolute atomic E-state index is 0.238. The summed E-state index contributed by atoms with van der Waals surface area (Å²) in [7, 11) is 0. The second kappa shape index (κ2) is 4.67. The van der Waals surface area contributed by atoms with Crippen molar-refractivity contribution in [1.29, 1.82) is 0 Å². The van der Waals surface area contributed by atoms with Crippen molar-refractivity contribution < 1.29 is 4.79 Å². The van der Waals surface area contributed by atoms with Crippen LogP contribution in [0.15, 0.2) is 12.1 Å². The molecule has 0 aliphatic carbocycles. The Morgan fingerprint density at radius 1 is 1.50 bits per heavy atom. The predicted octanol–water partition coefficient (Wildman–Crippen LogP) is 1.99. The topological polar surface area (TPSA) is 32.3 Å². The van der Waals surface area contributed by atoms with Gasteiger partial charge < -0.3 is 10.2 Å². The smallest absolute Gasteiger partial charge is 0.264 e. The molecule has 4 heteroatoms. The van der Waals surface area contributed by atoms with Crippen LogP contribution in [0.2, 0.25) is 0 Å². The van der Waals surface area contributed by atoms with E-state index >= 15 is 0 Å². The molecule has 18 heavy (non-hydrogen) atoms. The van der Waals surface area contributed by atoms with Crippen LogP contribution in [0.4, 0.5) is 0 Å². The summed E-state index contributed by atoms with van der Waals surface area (Å²) in [5.41, 5.74) is 0. The molecule has 0 bridgehead atoms. The minimum Gasteiger partial charge on any atom is -0.335 e. The van der Waals surface area contributed by atoms with E-state index < -0.39 is 0 Å². The number of carbonyl (C=O) groups excluding carboxylic acids is 1. The second-order valence-electron chi connectivity index (χ2n) is 5.40. The van der Waals surface area contributed by atoms with E-state index in [1.807, 2.05) is 6.07 Å². The van der Waals surface area contributed by atoms with E-state index in [1.54, 1.807) is 11.3 Å². The van der Waals surface area contributed by atoms with E-state index in [0.717, 1.165) is 30.9 Å². The summed E-state index contributed by atoms with van der Waals surface area (Å²) in [4.78, 5) is 16.8. The highest BCUT2D eigenvalue weighted by molar-refractivity contribution is 7.14. The van der Waals surface area contributed by atoms with E-state index in [2.05, 4.69) is 30.1 Å². The fourth-order valence-electron chi connectivity index (χ4n) is 3.26. The zero-order valence-corrected chi connectivity index (χ0v) is 11.8. The van der Waals surface area contributed by atoms with Crippen molar-refractivity contribution >= 4 is 17.2 Å². The number of rotatable bonds is 2. The molecular weight excluding hydrogens is 244 g/mol. The molecule has 2 aliphatic rings. The van der Waals surface area contributed by atoms with Gasteiger partial charge in [0.2, 0.25) is 0 Å². The van der Waals surface area contributed by atoms with E-state index in [4.69, 9.17) is 0 Å². The van der Waals surface area contributed by atoms with Gasteiger partial charge in [-0.25, -0.2) is 0 Å². The van der Waals surface area contributed by atoms with E-state index in [1.165, 1.54) is 4.88 Å². The first-order valence-corrected chi connectivity index (χ1v) is 7.62. The number of nitrogens with zero attached hydrogens (tertiary/aromatic N) is 1. The Balaban J connectivity index is 1.77. The van der Waals surface area contributed by atoms with E-state index in [9.17, 15) is 4.79 Å². The van der Waals surface area contributed by atoms with Crippen LogP contribution < -0.4 is 5.32 Å². The van der Waals surface area contributed by atoms with Crippen molar-refractivity contribution in [2.24, 2.45) is 11.8 Å². The van der Waals surface area contributed by atoms with Gasteiger partial charge in [0.1, 0.15) is 0 Å². The van der Waals surface area contributed by atoms with Crippen molar-refractivity contribution in [3.63, 3.8) is 0 Å². The number of fused-ring (bicyclic) bond motifs is 1. The molecule has 0 radical (unpaired) electrons. The fourth-order valence-corrected chi connectivity index (χ4v) is 4.16. The fraction of sp³-hybridized carbons (Fsp3) is 0.643. The Labute approximate surface area is 112 Å². The van der Waals surface area contributed by atoms with Crippen molar-refractivity contribution in [3.05, 3.63) is 21.9 Å². The monoisotopic (exact) mass is 264 g/mol. The van der Waals surface area contributed by atoms with Gasteiger partial charge in [-0.2, -0.15) is 0 Å². The molecule has 3 atom stereocenters. The van der Waals surface area contributed by atoms with Crippen molar-refractivity contribution in [2.75, 3.05) is 19.6 Å². The summed E-state index contributed by atoms with van der Waals surface area (Å²) in [6.45, 7) is 7.40. The van der Waals surface area contributed by atoms with Crippen LogP contribution in [0, 0.1) is 11.8 Å². The molecule has 0 spiro atoms.